The summed E-state index contributed by atoms with van der Waals surface area (Å²) >= 11 is 0. The SMILES string of the molecule is C=C(c1ccc(OC2CCN(C)CC2)cc1)c1cc(CCCCCC2(c3ccccc3)CCOCC2)ccc1C.CC.CCC. The Morgan fingerprint density at radius 1 is 0.889 bits per heavy atom. The Morgan fingerprint density at radius 3 is 2.18 bits per heavy atom. The highest BCUT2D eigenvalue weighted by Crippen LogP contribution is 2.39. The third kappa shape index (κ3) is 11.2. The number of hydrogen-bond donors (Lipinski definition) is 0. The van der Waals surface area contributed by atoms with Crippen LogP contribution < -0.4 is 4.74 Å². The minimum Gasteiger partial charge on any atom is -0.490 e. The lowest BCUT2D eigenvalue weighted by molar-refractivity contribution is 0.0458. The molecule has 0 aromatic heterocycles. The predicted octanol–water partition coefficient (Wildman–Crippen LogP) is 10.8. The fourth-order valence-electron chi connectivity index (χ4n) is 6.54. The smallest absolute Gasteiger partial charge is 0.119 e. The second-order valence-electron chi connectivity index (χ2n) is 12.8. The number of nitrogens with zero attached hydrogens (tertiary/aromatic N) is 1. The maximum Gasteiger partial charge on any atom is 0.119 e. The second kappa shape index (κ2) is 19.6. The van der Waals surface area contributed by atoms with Crippen LogP contribution in [0.1, 0.15) is 113 Å². The zero-order chi connectivity index (χ0) is 32.5. The topological polar surface area (TPSA) is 21.7 Å². The van der Waals surface area contributed by atoms with Crippen molar-refractivity contribution in [3.8, 4) is 5.75 Å². The summed E-state index contributed by atoms with van der Waals surface area (Å²) in [6.07, 6.45) is 12.2. The van der Waals surface area contributed by atoms with E-state index in [1.165, 1.54) is 59.9 Å². The van der Waals surface area contributed by atoms with Crippen molar-refractivity contribution in [2.75, 3.05) is 33.4 Å². The Balaban J connectivity index is 0.00000104. The first kappa shape index (κ1) is 36.6. The van der Waals surface area contributed by atoms with E-state index in [-0.39, 0.29) is 0 Å². The van der Waals surface area contributed by atoms with Crippen LogP contribution in [0.2, 0.25) is 0 Å². The lowest BCUT2D eigenvalue weighted by atomic mass is 9.71. The average Bonchev–Trinajstić information content (AvgIpc) is 3.08. The molecular weight excluding hydrogens is 550 g/mol. The summed E-state index contributed by atoms with van der Waals surface area (Å²) in [6, 6.07) is 26.6. The molecule has 3 nitrogen and oxygen atoms in total. The third-order valence-electron chi connectivity index (χ3n) is 9.26. The van der Waals surface area contributed by atoms with Crippen molar-refractivity contribution < 1.29 is 9.47 Å². The molecule has 0 spiro atoms. The first-order valence-corrected chi connectivity index (χ1v) is 17.8. The zero-order valence-corrected chi connectivity index (χ0v) is 29.4. The van der Waals surface area contributed by atoms with Gasteiger partial charge in [-0.15, -0.1) is 0 Å². The number of likely N-dealkylation sites (tertiary alicyclic amines) is 1. The van der Waals surface area contributed by atoms with Gasteiger partial charge in [0.25, 0.3) is 0 Å². The number of rotatable bonds is 11. The van der Waals surface area contributed by atoms with Crippen molar-refractivity contribution >= 4 is 5.57 Å². The minimum atomic E-state index is 0.294. The molecule has 0 saturated carbocycles. The van der Waals surface area contributed by atoms with Gasteiger partial charge in [0.1, 0.15) is 11.9 Å². The molecule has 0 bridgehead atoms. The summed E-state index contributed by atoms with van der Waals surface area (Å²) in [6.45, 7) is 18.9. The van der Waals surface area contributed by atoms with Crippen LogP contribution in [0.15, 0.2) is 79.4 Å². The second-order valence-corrected chi connectivity index (χ2v) is 12.8. The lowest BCUT2D eigenvalue weighted by Crippen LogP contribution is -2.35. The minimum absolute atomic E-state index is 0.294. The van der Waals surface area contributed by atoms with E-state index < -0.39 is 0 Å². The molecule has 2 aliphatic rings. The molecule has 45 heavy (non-hydrogen) atoms. The van der Waals surface area contributed by atoms with Crippen LogP contribution in [0.25, 0.3) is 5.57 Å². The maximum absolute atomic E-state index is 6.26. The van der Waals surface area contributed by atoms with Gasteiger partial charge in [0.05, 0.1) is 0 Å². The molecule has 2 aliphatic heterocycles. The first-order chi connectivity index (χ1) is 21.9. The highest BCUT2D eigenvalue weighted by molar-refractivity contribution is 5.80. The Morgan fingerprint density at radius 2 is 1.53 bits per heavy atom. The van der Waals surface area contributed by atoms with E-state index in [1.807, 2.05) is 13.8 Å². The number of piperidine rings is 1. The van der Waals surface area contributed by atoms with Crippen molar-refractivity contribution in [2.45, 2.75) is 110 Å². The van der Waals surface area contributed by atoms with Gasteiger partial charge in [0.2, 0.25) is 0 Å². The van der Waals surface area contributed by atoms with E-state index in [2.05, 4.69) is 112 Å². The van der Waals surface area contributed by atoms with Gasteiger partial charge < -0.3 is 14.4 Å². The standard InChI is InChI=1S/C37H47NO2.C3H8.C2H6/c1-29-13-14-31(10-6-5-9-21-37(22-26-39-27-23-37)33-11-7-4-8-12-33)28-36(29)30(2)32-15-17-34(18-16-32)40-35-19-24-38(3)25-20-35;1-3-2;1-2/h4,7-8,11-18,28,35H,2,5-6,9-10,19-27H2,1,3H3;3H2,1-2H3;1-2H3. The molecule has 3 aromatic carbocycles. The zero-order valence-electron chi connectivity index (χ0n) is 29.4. The summed E-state index contributed by atoms with van der Waals surface area (Å²) in [5.74, 6) is 0.964. The van der Waals surface area contributed by atoms with Crippen LogP contribution in [0, 0.1) is 6.92 Å². The van der Waals surface area contributed by atoms with Crippen LogP contribution in [0.3, 0.4) is 0 Å². The molecule has 0 unspecified atom stereocenters. The van der Waals surface area contributed by atoms with Gasteiger partial charge in [-0.3, -0.25) is 0 Å². The number of hydrogen-bond acceptors (Lipinski definition) is 3. The molecule has 5 rings (SSSR count). The van der Waals surface area contributed by atoms with Gasteiger partial charge >= 0.3 is 0 Å². The van der Waals surface area contributed by atoms with E-state index in [4.69, 9.17) is 9.47 Å². The summed E-state index contributed by atoms with van der Waals surface area (Å²) in [5, 5.41) is 0. The molecule has 0 atom stereocenters. The molecule has 246 valence electrons. The van der Waals surface area contributed by atoms with Crippen LogP contribution in [-0.4, -0.2) is 44.4 Å². The Kier molecular flexibility index (Phi) is 15.9. The molecule has 2 saturated heterocycles. The summed E-state index contributed by atoms with van der Waals surface area (Å²) in [7, 11) is 2.18. The van der Waals surface area contributed by atoms with Crippen LogP contribution in [-0.2, 0) is 16.6 Å². The van der Waals surface area contributed by atoms with Gasteiger partial charge in [-0.2, -0.15) is 0 Å². The highest BCUT2D eigenvalue weighted by atomic mass is 16.5. The molecule has 0 amide bonds. The van der Waals surface area contributed by atoms with Gasteiger partial charge in [-0.1, -0.05) is 114 Å². The summed E-state index contributed by atoms with van der Waals surface area (Å²) in [4.78, 5) is 2.37. The van der Waals surface area contributed by atoms with E-state index in [1.54, 1.807) is 0 Å². The maximum atomic E-state index is 6.26. The van der Waals surface area contributed by atoms with Crippen molar-refractivity contribution in [3.63, 3.8) is 0 Å². The number of benzene rings is 3. The Bertz CT molecular complexity index is 1240. The molecule has 0 radical (unpaired) electrons. The number of aryl methyl sites for hydroxylation is 2. The van der Waals surface area contributed by atoms with E-state index in [0.29, 0.717) is 11.5 Å². The monoisotopic (exact) mass is 611 g/mol. The van der Waals surface area contributed by atoms with E-state index in [9.17, 15) is 0 Å². The van der Waals surface area contributed by atoms with Crippen LogP contribution >= 0.6 is 0 Å². The molecular formula is C42H61NO2. The van der Waals surface area contributed by atoms with Gasteiger partial charge in [0, 0.05) is 26.3 Å². The fourth-order valence-corrected chi connectivity index (χ4v) is 6.54. The van der Waals surface area contributed by atoms with Crippen LogP contribution in [0.4, 0.5) is 0 Å². The largest absolute Gasteiger partial charge is 0.490 e. The Hall–Kier alpha value is -2.88. The van der Waals surface area contributed by atoms with Crippen molar-refractivity contribution in [3.05, 3.63) is 107 Å². The Labute approximate surface area is 276 Å². The van der Waals surface area contributed by atoms with E-state index in [0.717, 1.165) is 69.7 Å². The van der Waals surface area contributed by atoms with E-state index >= 15 is 0 Å². The van der Waals surface area contributed by atoms with Gasteiger partial charge in [0.15, 0.2) is 0 Å². The van der Waals surface area contributed by atoms with Crippen molar-refractivity contribution in [2.24, 2.45) is 0 Å². The predicted molar refractivity (Wildman–Crippen MR) is 195 cm³/mol. The quantitative estimate of drug-likeness (QED) is 0.201. The van der Waals surface area contributed by atoms with Crippen molar-refractivity contribution in [1.82, 2.24) is 4.90 Å². The lowest BCUT2D eigenvalue weighted by Gasteiger charge is -2.38. The normalized spacial score (nSPS) is 16.5. The average molecular weight is 612 g/mol. The fraction of sp³-hybridized carbons (Fsp3) is 0.524. The first-order valence-electron chi connectivity index (χ1n) is 17.8. The number of unbranched alkanes of at least 4 members (excludes halogenated alkanes) is 2. The molecule has 0 N–H and O–H groups in total. The number of ether oxygens (including phenoxy) is 2. The third-order valence-corrected chi connectivity index (χ3v) is 9.26. The molecule has 2 heterocycles. The summed E-state index contributed by atoms with van der Waals surface area (Å²) in [5.41, 5.74) is 8.00. The van der Waals surface area contributed by atoms with Gasteiger partial charge in [-0.05, 0) is 110 Å². The van der Waals surface area contributed by atoms with Gasteiger partial charge in [-0.25, -0.2) is 0 Å². The highest BCUT2D eigenvalue weighted by Gasteiger charge is 2.33. The molecule has 2 fully saturated rings. The molecule has 3 heteroatoms. The molecule has 3 aromatic rings. The van der Waals surface area contributed by atoms with Crippen molar-refractivity contribution in [1.29, 1.82) is 0 Å². The molecule has 0 aliphatic carbocycles. The van der Waals surface area contributed by atoms with Crippen LogP contribution in [0.5, 0.6) is 5.75 Å². The summed E-state index contributed by atoms with van der Waals surface area (Å²) < 4.78 is 12.0.